The molecule has 7 nitrogen and oxygen atoms in total. The molecule has 0 aromatic heterocycles. The Labute approximate surface area is 173 Å². The summed E-state index contributed by atoms with van der Waals surface area (Å²) < 4.78 is 16.1. The Morgan fingerprint density at radius 2 is 2.00 bits per heavy atom. The maximum Gasteiger partial charge on any atom is 0.188 e. The van der Waals surface area contributed by atoms with Crippen LogP contribution in [0.25, 0.3) is 0 Å². The lowest BCUT2D eigenvalue weighted by molar-refractivity contribution is 0.0377. The van der Waals surface area contributed by atoms with Gasteiger partial charge in [0.25, 0.3) is 0 Å². The van der Waals surface area contributed by atoms with Crippen LogP contribution in [-0.2, 0) is 16.1 Å². The highest BCUT2D eigenvalue weighted by atomic mass is 127. The lowest BCUT2D eigenvalue weighted by Gasteiger charge is -2.26. The van der Waals surface area contributed by atoms with Crippen LogP contribution in [0.1, 0.15) is 12.0 Å². The van der Waals surface area contributed by atoms with Crippen LogP contribution in [0.15, 0.2) is 29.3 Å². The van der Waals surface area contributed by atoms with Crippen LogP contribution in [0.3, 0.4) is 0 Å². The summed E-state index contributed by atoms with van der Waals surface area (Å²) >= 11 is 0. The van der Waals surface area contributed by atoms with Crippen LogP contribution < -0.4 is 15.8 Å². The van der Waals surface area contributed by atoms with E-state index in [4.69, 9.17) is 19.9 Å². The van der Waals surface area contributed by atoms with Gasteiger partial charge in [0, 0.05) is 32.7 Å². The van der Waals surface area contributed by atoms with E-state index in [1.165, 1.54) is 0 Å². The van der Waals surface area contributed by atoms with Gasteiger partial charge >= 0.3 is 0 Å². The molecule has 0 saturated carbocycles. The standard InChI is InChI=1S/C18H30N4O3.HI/c1-23-17-5-3-16(4-6-17)15-25-12-8-21-18(19)20-7-2-9-22-10-13-24-14-11-22;/h3-6H,2,7-15H2,1H3,(H3,19,20,21);1H. The number of aliphatic imine (C=N–C) groups is 1. The molecule has 1 aromatic carbocycles. The first-order valence-corrected chi connectivity index (χ1v) is 8.82. The normalized spacial score (nSPS) is 15.3. The van der Waals surface area contributed by atoms with Crippen molar-refractivity contribution in [3.05, 3.63) is 29.8 Å². The van der Waals surface area contributed by atoms with Gasteiger partial charge in [-0.25, -0.2) is 0 Å². The number of halogens is 1. The van der Waals surface area contributed by atoms with Crippen molar-refractivity contribution in [1.82, 2.24) is 10.2 Å². The van der Waals surface area contributed by atoms with Crippen molar-refractivity contribution in [3.63, 3.8) is 0 Å². The zero-order valence-corrected chi connectivity index (χ0v) is 17.8. The molecule has 0 amide bonds. The van der Waals surface area contributed by atoms with E-state index in [0.717, 1.165) is 57.1 Å². The molecule has 8 heteroatoms. The smallest absolute Gasteiger partial charge is 0.188 e. The van der Waals surface area contributed by atoms with Crippen molar-refractivity contribution in [2.75, 3.05) is 59.7 Å². The van der Waals surface area contributed by atoms with E-state index < -0.39 is 0 Å². The number of hydrogen-bond acceptors (Lipinski definition) is 5. The molecule has 1 heterocycles. The minimum atomic E-state index is 0. The van der Waals surface area contributed by atoms with Gasteiger partial charge in [0.2, 0.25) is 0 Å². The largest absolute Gasteiger partial charge is 0.497 e. The van der Waals surface area contributed by atoms with Crippen LogP contribution in [0.2, 0.25) is 0 Å². The number of nitrogens with two attached hydrogens (primary N) is 1. The second-order valence-electron chi connectivity index (χ2n) is 5.90. The van der Waals surface area contributed by atoms with Crippen LogP contribution in [-0.4, -0.2) is 70.5 Å². The highest BCUT2D eigenvalue weighted by Crippen LogP contribution is 2.11. The Bertz CT molecular complexity index is 508. The first kappa shape index (κ1) is 22.9. The summed E-state index contributed by atoms with van der Waals surface area (Å²) in [6, 6.07) is 7.85. The molecule has 1 fully saturated rings. The highest BCUT2D eigenvalue weighted by Gasteiger charge is 2.08. The fourth-order valence-corrected chi connectivity index (χ4v) is 2.54. The van der Waals surface area contributed by atoms with Gasteiger partial charge in [0.05, 0.1) is 33.5 Å². The monoisotopic (exact) mass is 478 g/mol. The molecular weight excluding hydrogens is 447 g/mol. The van der Waals surface area contributed by atoms with Crippen molar-refractivity contribution >= 4 is 29.9 Å². The van der Waals surface area contributed by atoms with Crippen LogP contribution in [0.4, 0.5) is 0 Å². The number of morpholine rings is 1. The number of nitrogens with one attached hydrogen (secondary N) is 1. The molecule has 0 atom stereocenters. The average molecular weight is 478 g/mol. The van der Waals surface area contributed by atoms with Gasteiger partial charge in [-0.1, -0.05) is 12.1 Å². The summed E-state index contributed by atoms with van der Waals surface area (Å²) in [5.41, 5.74) is 6.97. The third-order valence-electron chi connectivity index (χ3n) is 4.00. The summed E-state index contributed by atoms with van der Waals surface area (Å²) in [4.78, 5) is 6.74. The minimum Gasteiger partial charge on any atom is -0.497 e. The Morgan fingerprint density at radius 3 is 2.69 bits per heavy atom. The first-order valence-electron chi connectivity index (χ1n) is 8.82. The predicted octanol–water partition coefficient (Wildman–Crippen LogP) is 1.46. The third-order valence-corrected chi connectivity index (χ3v) is 4.00. The van der Waals surface area contributed by atoms with E-state index in [1.54, 1.807) is 7.11 Å². The molecule has 26 heavy (non-hydrogen) atoms. The van der Waals surface area contributed by atoms with Crippen LogP contribution in [0.5, 0.6) is 5.75 Å². The van der Waals surface area contributed by atoms with Crippen LogP contribution >= 0.6 is 24.0 Å². The molecule has 1 saturated heterocycles. The maximum atomic E-state index is 5.85. The number of guanidine groups is 1. The van der Waals surface area contributed by atoms with Gasteiger partial charge in [0.1, 0.15) is 5.75 Å². The predicted molar refractivity (Wildman–Crippen MR) is 114 cm³/mol. The van der Waals surface area contributed by atoms with Crippen molar-refractivity contribution in [3.8, 4) is 5.75 Å². The average Bonchev–Trinajstić information content (AvgIpc) is 2.66. The molecule has 1 aromatic rings. The van der Waals surface area contributed by atoms with Gasteiger partial charge in [-0.15, -0.1) is 24.0 Å². The molecule has 0 bridgehead atoms. The van der Waals surface area contributed by atoms with Gasteiger partial charge in [-0.05, 0) is 24.1 Å². The van der Waals surface area contributed by atoms with E-state index in [9.17, 15) is 0 Å². The fourth-order valence-electron chi connectivity index (χ4n) is 2.54. The number of hydrogen-bond donors (Lipinski definition) is 2. The van der Waals surface area contributed by atoms with Gasteiger partial charge < -0.3 is 25.3 Å². The summed E-state index contributed by atoms with van der Waals surface area (Å²) in [5, 5.41) is 3.07. The number of ether oxygens (including phenoxy) is 3. The molecule has 0 aliphatic carbocycles. The molecule has 0 radical (unpaired) electrons. The molecule has 0 unspecified atom stereocenters. The summed E-state index contributed by atoms with van der Waals surface area (Å²) in [6.07, 6.45) is 1.01. The van der Waals surface area contributed by atoms with E-state index in [2.05, 4.69) is 15.2 Å². The van der Waals surface area contributed by atoms with Crippen molar-refractivity contribution in [1.29, 1.82) is 0 Å². The molecule has 148 valence electrons. The van der Waals surface area contributed by atoms with E-state index in [0.29, 0.717) is 25.7 Å². The second-order valence-corrected chi connectivity index (χ2v) is 5.90. The molecule has 2 rings (SSSR count). The lowest BCUT2D eigenvalue weighted by Crippen LogP contribution is -2.37. The SMILES string of the molecule is COc1ccc(COCCNC(N)=NCCCN2CCOCC2)cc1.I. The quantitative estimate of drug-likeness (QED) is 0.230. The lowest BCUT2D eigenvalue weighted by atomic mass is 10.2. The second kappa shape index (κ2) is 14.0. The number of methoxy groups -OCH3 is 1. The Morgan fingerprint density at radius 1 is 1.27 bits per heavy atom. The Hall–Kier alpha value is -1.10. The minimum absolute atomic E-state index is 0. The summed E-state index contributed by atoms with van der Waals surface area (Å²) in [7, 11) is 1.66. The van der Waals surface area contributed by atoms with Crippen molar-refractivity contribution in [2.24, 2.45) is 10.7 Å². The van der Waals surface area contributed by atoms with E-state index in [-0.39, 0.29) is 24.0 Å². The summed E-state index contributed by atoms with van der Waals surface area (Å²) in [6.45, 7) is 7.29. The topological polar surface area (TPSA) is 81.3 Å². The van der Waals surface area contributed by atoms with E-state index >= 15 is 0 Å². The van der Waals surface area contributed by atoms with Gasteiger partial charge in [-0.3, -0.25) is 9.89 Å². The molecule has 1 aliphatic rings. The molecular formula is C18H31IN4O3. The number of benzene rings is 1. The summed E-state index contributed by atoms with van der Waals surface area (Å²) in [5.74, 6) is 1.33. The number of nitrogens with zero attached hydrogens (tertiary/aromatic N) is 2. The Kier molecular flexibility index (Phi) is 12.4. The zero-order valence-electron chi connectivity index (χ0n) is 15.5. The van der Waals surface area contributed by atoms with Crippen molar-refractivity contribution in [2.45, 2.75) is 13.0 Å². The number of rotatable bonds is 10. The molecule has 0 spiro atoms. The third kappa shape index (κ3) is 9.56. The maximum absolute atomic E-state index is 5.85. The van der Waals surface area contributed by atoms with E-state index in [1.807, 2.05) is 24.3 Å². The Balaban J connectivity index is 0.00000338. The van der Waals surface area contributed by atoms with Gasteiger partial charge in [0.15, 0.2) is 5.96 Å². The highest BCUT2D eigenvalue weighted by molar-refractivity contribution is 14.0. The van der Waals surface area contributed by atoms with Gasteiger partial charge in [-0.2, -0.15) is 0 Å². The van der Waals surface area contributed by atoms with Crippen LogP contribution in [0, 0.1) is 0 Å². The fraction of sp³-hybridized carbons (Fsp3) is 0.611. The van der Waals surface area contributed by atoms with Crippen molar-refractivity contribution < 1.29 is 14.2 Å². The zero-order chi connectivity index (χ0) is 17.7. The first-order chi connectivity index (χ1) is 12.3. The molecule has 1 aliphatic heterocycles. The molecule has 3 N–H and O–H groups in total.